The fourth-order valence-corrected chi connectivity index (χ4v) is 4.46. The third kappa shape index (κ3) is 2.74. The SMILES string of the molecule is O=C1C(=O)N(c2nccs2)C(c2cccs2)/C1=C(\O)c1ccc(Cl)cc1. The molecule has 3 aromatic rings. The molecule has 1 saturated heterocycles. The Morgan fingerprint density at radius 2 is 1.88 bits per heavy atom. The molecule has 1 N–H and O–H groups in total. The summed E-state index contributed by atoms with van der Waals surface area (Å²) in [5, 5.41) is 15.3. The molecule has 0 bridgehead atoms. The van der Waals surface area contributed by atoms with Crippen LogP contribution in [0.3, 0.4) is 0 Å². The molecule has 0 aliphatic carbocycles. The molecule has 1 fully saturated rings. The highest BCUT2D eigenvalue weighted by Crippen LogP contribution is 2.43. The van der Waals surface area contributed by atoms with Gasteiger partial charge >= 0.3 is 5.91 Å². The van der Waals surface area contributed by atoms with Crippen LogP contribution in [0.1, 0.15) is 16.5 Å². The Morgan fingerprint density at radius 3 is 2.50 bits per heavy atom. The van der Waals surface area contributed by atoms with Gasteiger partial charge in [0, 0.05) is 27.0 Å². The number of anilines is 1. The lowest BCUT2D eigenvalue weighted by atomic mass is 10.00. The molecular weight excluding hydrogens is 392 g/mol. The van der Waals surface area contributed by atoms with Crippen LogP contribution in [0.5, 0.6) is 0 Å². The lowest BCUT2D eigenvalue weighted by molar-refractivity contribution is -0.132. The van der Waals surface area contributed by atoms with Crippen LogP contribution in [0.25, 0.3) is 5.76 Å². The zero-order valence-electron chi connectivity index (χ0n) is 13.1. The topological polar surface area (TPSA) is 70.5 Å². The zero-order chi connectivity index (χ0) is 18.3. The Labute approximate surface area is 161 Å². The normalized spacial score (nSPS) is 19.3. The van der Waals surface area contributed by atoms with Crippen LogP contribution >= 0.6 is 34.3 Å². The number of benzene rings is 1. The van der Waals surface area contributed by atoms with Gasteiger partial charge in [-0.25, -0.2) is 4.98 Å². The molecule has 130 valence electrons. The summed E-state index contributed by atoms with van der Waals surface area (Å²) in [7, 11) is 0. The summed E-state index contributed by atoms with van der Waals surface area (Å²) in [5.41, 5.74) is 0.475. The Morgan fingerprint density at radius 1 is 1.12 bits per heavy atom. The molecule has 1 aliphatic rings. The lowest BCUT2D eigenvalue weighted by Crippen LogP contribution is -2.28. The van der Waals surface area contributed by atoms with E-state index in [-0.39, 0.29) is 11.3 Å². The fraction of sp³-hybridized carbons (Fsp3) is 0.0556. The van der Waals surface area contributed by atoms with Crippen molar-refractivity contribution in [2.24, 2.45) is 0 Å². The molecule has 2 aromatic heterocycles. The third-order valence-corrected chi connectivity index (χ3v) is 5.95. The minimum atomic E-state index is -0.731. The van der Waals surface area contributed by atoms with Gasteiger partial charge in [-0.1, -0.05) is 17.7 Å². The Kier molecular flexibility index (Phi) is 4.36. The van der Waals surface area contributed by atoms with Gasteiger partial charge in [-0.2, -0.15) is 0 Å². The van der Waals surface area contributed by atoms with Gasteiger partial charge in [-0.3, -0.25) is 14.5 Å². The number of halogens is 1. The standard InChI is InChI=1S/C18H11ClN2O3S2/c19-11-5-3-10(4-6-11)15(22)13-14(12-2-1-8-25-12)21(17(24)16(13)23)18-20-7-9-26-18/h1-9,14,22H/b15-13+. The fourth-order valence-electron chi connectivity index (χ4n) is 2.84. The number of nitrogens with zero attached hydrogens (tertiary/aromatic N) is 2. The number of aromatic nitrogens is 1. The molecule has 3 heterocycles. The number of thiazole rings is 1. The summed E-state index contributed by atoms with van der Waals surface area (Å²) >= 11 is 8.57. The van der Waals surface area contributed by atoms with Crippen molar-refractivity contribution in [3.05, 3.63) is 74.4 Å². The number of carbonyl (C=O) groups excluding carboxylic acids is 2. The molecule has 1 amide bonds. The molecule has 1 aromatic carbocycles. The van der Waals surface area contributed by atoms with E-state index in [1.807, 2.05) is 17.5 Å². The molecule has 5 nitrogen and oxygen atoms in total. The maximum Gasteiger partial charge on any atom is 0.301 e. The van der Waals surface area contributed by atoms with Crippen molar-refractivity contribution in [3.8, 4) is 0 Å². The summed E-state index contributed by atoms with van der Waals surface area (Å²) in [6.07, 6.45) is 1.57. The largest absolute Gasteiger partial charge is 0.507 e. The number of hydrogen-bond donors (Lipinski definition) is 1. The van der Waals surface area contributed by atoms with Gasteiger partial charge in [-0.15, -0.1) is 22.7 Å². The number of aliphatic hydroxyl groups excluding tert-OH is 1. The van der Waals surface area contributed by atoms with E-state index in [0.29, 0.717) is 15.7 Å². The highest BCUT2D eigenvalue weighted by atomic mass is 35.5. The molecular formula is C18H11ClN2O3S2. The van der Waals surface area contributed by atoms with Gasteiger partial charge in [-0.05, 0) is 35.7 Å². The second kappa shape index (κ2) is 6.68. The summed E-state index contributed by atoms with van der Waals surface area (Å²) < 4.78 is 0. The van der Waals surface area contributed by atoms with Crippen molar-refractivity contribution < 1.29 is 14.7 Å². The van der Waals surface area contributed by atoms with Crippen molar-refractivity contribution in [2.75, 3.05) is 4.90 Å². The Hall–Kier alpha value is -2.48. The van der Waals surface area contributed by atoms with Gasteiger partial charge in [0.15, 0.2) is 5.13 Å². The molecule has 4 rings (SSSR count). The van der Waals surface area contributed by atoms with Crippen molar-refractivity contribution in [1.29, 1.82) is 0 Å². The van der Waals surface area contributed by atoms with Gasteiger partial charge in [0.1, 0.15) is 11.8 Å². The second-order valence-corrected chi connectivity index (χ2v) is 7.79. The van der Waals surface area contributed by atoms with Crippen LogP contribution in [0.15, 0.2) is 58.9 Å². The van der Waals surface area contributed by atoms with E-state index in [1.165, 1.54) is 27.6 Å². The maximum atomic E-state index is 12.7. The van der Waals surface area contributed by atoms with E-state index in [1.54, 1.807) is 35.8 Å². The van der Waals surface area contributed by atoms with Crippen LogP contribution in [-0.4, -0.2) is 21.8 Å². The zero-order valence-corrected chi connectivity index (χ0v) is 15.5. The highest BCUT2D eigenvalue weighted by Gasteiger charge is 2.48. The number of hydrogen-bond acceptors (Lipinski definition) is 6. The lowest BCUT2D eigenvalue weighted by Gasteiger charge is -2.21. The van der Waals surface area contributed by atoms with Crippen molar-refractivity contribution >= 4 is 56.9 Å². The van der Waals surface area contributed by atoms with E-state index in [4.69, 9.17) is 11.6 Å². The first kappa shape index (κ1) is 17.0. The molecule has 8 heteroatoms. The predicted molar refractivity (Wildman–Crippen MR) is 103 cm³/mol. The number of carbonyl (C=O) groups is 2. The quantitative estimate of drug-likeness (QED) is 0.398. The molecule has 1 atom stereocenters. The summed E-state index contributed by atoms with van der Waals surface area (Å²) in [4.78, 5) is 31.7. The van der Waals surface area contributed by atoms with E-state index in [0.717, 1.165) is 4.88 Å². The monoisotopic (exact) mass is 402 g/mol. The predicted octanol–water partition coefficient (Wildman–Crippen LogP) is 4.48. The molecule has 1 unspecified atom stereocenters. The van der Waals surface area contributed by atoms with Crippen LogP contribution in [0.4, 0.5) is 5.13 Å². The smallest absolute Gasteiger partial charge is 0.301 e. The first-order chi connectivity index (χ1) is 12.6. The van der Waals surface area contributed by atoms with Gasteiger partial charge in [0.05, 0.1) is 5.57 Å². The van der Waals surface area contributed by atoms with Crippen LogP contribution < -0.4 is 4.90 Å². The molecule has 26 heavy (non-hydrogen) atoms. The average Bonchev–Trinajstić information content (AvgIpc) is 3.37. The Balaban J connectivity index is 1.92. The van der Waals surface area contributed by atoms with Crippen molar-refractivity contribution in [3.63, 3.8) is 0 Å². The van der Waals surface area contributed by atoms with Crippen LogP contribution in [0.2, 0.25) is 5.02 Å². The van der Waals surface area contributed by atoms with Crippen molar-refractivity contribution in [2.45, 2.75) is 6.04 Å². The van der Waals surface area contributed by atoms with Gasteiger partial charge in [0.25, 0.3) is 5.78 Å². The number of aliphatic hydroxyl groups is 1. The number of thiophene rings is 1. The van der Waals surface area contributed by atoms with Crippen molar-refractivity contribution in [1.82, 2.24) is 4.98 Å². The molecule has 0 saturated carbocycles. The molecule has 1 aliphatic heterocycles. The molecule has 0 radical (unpaired) electrons. The number of rotatable bonds is 3. The molecule has 0 spiro atoms. The highest BCUT2D eigenvalue weighted by molar-refractivity contribution is 7.14. The van der Waals surface area contributed by atoms with Gasteiger partial charge < -0.3 is 5.11 Å². The first-order valence-electron chi connectivity index (χ1n) is 7.58. The number of amides is 1. The first-order valence-corrected chi connectivity index (χ1v) is 9.71. The Bertz CT molecular complexity index is 996. The van der Waals surface area contributed by atoms with E-state index in [2.05, 4.69) is 4.98 Å². The summed E-state index contributed by atoms with van der Waals surface area (Å²) in [6.45, 7) is 0. The van der Waals surface area contributed by atoms with Crippen LogP contribution in [-0.2, 0) is 9.59 Å². The minimum absolute atomic E-state index is 0.0509. The van der Waals surface area contributed by atoms with E-state index >= 15 is 0 Å². The third-order valence-electron chi connectivity index (χ3n) is 4.00. The van der Waals surface area contributed by atoms with E-state index in [9.17, 15) is 14.7 Å². The average molecular weight is 403 g/mol. The van der Waals surface area contributed by atoms with E-state index < -0.39 is 17.7 Å². The summed E-state index contributed by atoms with van der Waals surface area (Å²) in [5.74, 6) is -1.66. The maximum absolute atomic E-state index is 12.7. The minimum Gasteiger partial charge on any atom is -0.507 e. The summed E-state index contributed by atoms with van der Waals surface area (Å²) in [6, 6.07) is 9.42. The second-order valence-electron chi connectivity index (χ2n) is 5.51. The van der Waals surface area contributed by atoms with Gasteiger partial charge in [0.2, 0.25) is 0 Å². The number of Topliss-reactive ketones (excluding diaryl/α,β-unsaturated/α-hetero) is 1. The van der Waals surface area contributed by atoms with Crippen LogP contribution in [0, 0.1) is 0 Å². The number of ketones is 1.